The van der Waals surface area contributed by atoms with Crippen LogP contribution in [0.15, 0.2) is 46.1 Å². The SMILES string of the molecule is CC(CON(C)C(=S)N=S(=O)=O)c1cccc(C(C)c2cccs2)c1.NC=O. The molecule has 2 rings (SSSR count). The van der Waals surface area contributed by atoms with Gasteiger partial charge in [0.05, 0.1) is 6.61 Å². The van der Waals surface area contributed by atoms with Crippen molar-refractivity contribution in [3.05, 3.63) is 57.8 Å². The van der Waals surface area contributed by atoms with E-state index in [2.05, 4.69) is 65.7 Å². The average molecular weight is 442 g/mol. The minimum atomic E-state index is -2.58. The predicted octanol–water partition coefficient (Wildman–Crippen LogP) is 3.32. The van der Waals surface area contributed by atoms with Crippen LogP contribution in [0.5, 0.6) is 0 Å². The zero-order valence-corrected chi connectivity index (χ0v) is 18.3. The van der Waals surface area contributed by atoms with Crippen LogP contribution in [0.3, 0.4) is 0 Å². The van der Waals surface area contributed by atoms with Crippen LogP contribution in [0.1, 0.15) is 41.7 Å². The first-order chi connectivity index (χ1) is 13.3. The first-order valence-electron chi connectivity index (χ1n) is 8.30. The van der Waals surface area contributed by atoms with E-state index in [4.69, 9.17) is 21.8 Å². The van der Waals surface area contributed by atoms with Gasteiger partial charge in [0.2, 0.25) is 11.5 Å². The largest absolute Gasteiger partial charge is 0.372 e. The van der Waals surface area contributed by atoms with Gasteiger partial charge in [-0.05, 0) is 34.8 Å². The van der Waals surface area contributed by atoms with Crippen molar-refractivity contribution in [1.82, 2.24) is 5.06 Å². The molecular weight excluding hydrogens is 418 g/mol. The van der Waals surface area contributed by atoms with Crippen LogP contribution >= 0.6 is 23.6 Å². The van der Waals surface area contributed by atoms with Crippen molar-refractivity contribution in [2.45, 2.75) is 25.7 Å². The molecule has 7 nitrogen and oxygen atoms in total. The number of primary amides is 1. The van der Waals surface area contributed by atoms with Crippen LogP contribution in [0.4, 0.5) is 0 Å². The highest BCUT2D eigenvalue weighted by Gasteiger charge is 2.14. The fourth-order valence-electron chi connectivity index (χ4n) is 2.33. The number of carbonyl (C=O) groups excluding carboxylic acids is 1. The molecule has 0 bridgehead atoms. The van der Waals surface area contributed by atoms with Gasteiger partial charge < -0.3 is 5.73 Å². The van der Waals surface area contributed by atoms with E-state index < -0.39 is 10.5 Å². The van der Waals surface area contributed by atoms with Crippen molar-refractivity contribution in [3.8, 4) is 0 Å². The molecule has 0 aliphatic rings. The molecule has 10 heteroatoms. The highest BCUT2D eigenvalue weighted by molar-refractivity contribution is 7.80. The second-order valence-electron chi connectivity index (χ2n) is 5.83. The van der Waals surface area contributed by atoms with Crippen LogP contribution in [-0.2, 0) is 20.1 Å². The van der Waals surface area contributed by atoms with Crippen LogP contribution in [-0.4, -0.2) is 38.7 Å². The summed E-state index contributed by atoms with van der Waals surface area (Å²) >= 11 is 6.62. The molecule has 1 amide bonds. The molecule has 2 atom stereocenters. The third-order valence-electron chi connectivity index (χ3n) is 3.89. The summed E-state index contributed by atoms with van der Waals surface area (Å²) in [5.41, 5.74) is 6.58. The summed E-state index contributed by atoms with van der Waals surface area (Å²) in [6.45, 7) is 4.62. The number of thiophene rings is 1. The van der Waals surface area contributed by atoms with E-state index in [0.29, 0.717) is 12.5 Å². The Morgan fingerprint density at radius 2 is 1.96 bits per heavy atom. The molecule has 0 spiro atoms. The van der Waals surface area contributed by atoms with Gasteiger partial charge in [0.15, 0.2) is 0 Å². The van der Waals surface area contributed by atoms with Gasteiger partial charge in [-0.3, -0.25) is 9.63 Å². The van der Waals surface area contributed by atoms with Crippen molar-refractivity contribution in [2.24, 2.45) is 10.1 Å². The van der Waals surface area contributed by atoms with E-state index in [9.17, 15) is 8.42 Å². The number of nitrogens with two attached hydrogens (primary N) is 1. The molecule has 28 heavy (non-hydrogen) atoms. The molecule has 0 saturated heterocycles. The normalized spacial score (nSPS) is 12.1. The Balaban J connectivity index is 0.00000122. The van der Waals surface area contributed by atoms with Gasteiger partial charge in [-0.25, -0.2) is 5.06 Å². The molecule has 0 aliphatic carbocycles. The Morgan fingerprint density at radius 1 is 1.32 bits per heavy atom. The number of nitrogens with zero attached hydrogens (tertiary/aromatic N) is 2. The van der Waals surface area contributed by atoms with E-state index in [1.165, 1.54) is 15.5 Å². The standard InChI is InChI=1S/C17H20N2O3S3.CH3NO/c1-12(11-22-19(3)17(23)18-25(20)21)14-6-4-7-15(10-14)13(2)16-8-5-9-24-16;2-1-3/h4-10,12-13H,11H2,1-3H3;1H,(H2,2,3). The van der Waals surface area contributed by atoms with E-state index in [1.54, 1.807) is 18.4 Å². The fraction of sp³-hybridized carbons (Fsp3) is 0.333. The Bertz CT molecular complexity index is 891. The molecule has 0 fully saturated rings. The van der Waals surface area contributed by atoms with Crippen LogP contribution in [0.25, 0.3) is 0 Å². The third-order valence-corrected chi connectivity index (χ3v) is 5.73. The number of hydrogen-bond donors (Lipinski definition) is 1. The van der Waals surface area contributed by atoms with Gasteiger partial charge in [0.1, 0.15) is 0 Å². The first-order valence-corrected chi connectivity index (χ1v) is 10.6. The summed E-state index contributed by atoms with van der Waals surface area (Å²) in [5, 5.41) is 3.16. The van der Waals surface area contributed by atoms with Gasteiger partial charge in [-0.1, -0.05) is 44.2 Å². The maximum atomic E-state index is 10.5. The summed E-state index contributed by atoms with van der Waals surface area (Å²) < 4.78 is 24.3. The summed E-state index contributed by atoms with van der Waals surface area (Å²) in [6.07, 6.45) is 0.250. The topological polar surface area (TPSA) is 102 Å². The van der Waals surface area contributed by atoms with Gasteiger partial charge in [-0.2, -0.15) is 8.42 Å². The zero-order chi connectivity index (χ0) is 21.1. The van der Waals surface area contributed by atoms with Crippen molar-refractivity contribution in [2.75, 3.05) is 13.7 Å². The van der Waals surface area contributed by atoms with Crippen molar-refractivity contribution < 1.29 is 18.0 Å². The number of hydroxylamine groups is 2. The molecule has 0 saturated carbocycles. The quantitative estimate of drug-likeness (QED) is 0.419. The van der Waals surface area contributed by atoms with E-state index in [1.807, 2.05) is 0 Å². The summed E-state index contributed by atoms with van der Waals surface area (Å²) in [5.74, 6) is 0.465. The Hall–Kier alpha value is -2.14. The molecule has 1 aromatic heterocycles. The van der Waals surface area contributed by atoms with Crippen molar-refractivity contribution in [3.63, 3.8) is 0 Å². The first kappa shape index (κ1) is 23.9. The highest BCUT2D eigenvalue weighted by Crippen LogP contribution is 2.29. The van der Waals surface area contributed by atoms with Crippen LogP contribution < -0.4 is 5.73 Å². The molecule has 1 aromatic carbocycles. The fourth-order valence-corrected chi connectivity index (χ4v) is 3.62. The second kappa shape index (κ2) is 12.3. The van der Waals surface area contributed by atoms with Crippen LogP contribution in [0.2, 0.25) is 0 Å². The van der Waals surface area contributed by atoms with Gasteiger partial charge in [0, 0.05) is 23.8 Å². The second-order valence-corrected chi connectivity index (χ2v) is 7.79. The summed E-state index contributed by atoms with van der Waals surface area (Å²) in [4.78, 5) is 15.4. The Kier molecular flexibility index (Phi) is 10.5. The minimum Gasteiger partial charge on any atom is -0.372 e. The van der Waals surface area contributed by atoms with Gasteiger partial charge >= 0.3 is 10.5 Å². The third kappa shape index (κ3) is 7.85. The molecule has 0 aliphatic heterocycles. The maximum absolute atomic E-state index is 10.5. The molecular formula is C18H23N3O4S3. The highest BCUT2D eigenvalue weighted by atomic mass is 32.2. The van der Waals surface area contributed by atoms with Crippen molar-refractivity contribution in [1.29, 1.82) is 0 Å². The Morgan fingerprint density at radius 3 is 2.54 bits per heavy atom. The number of rotatable bonds is 6. The number of benzene rings is 1. The minimum absolute atomic E-state index is 0.124. The average Bonchev–Trinajstić information content (AvgIpc) is 3.20. The van der Waals surface area contributed by atoms with E-state index in [-0.39, 0.29) is 17.4 Å². The smallest absolute Gasteiger partial charge is 0.318 e. The maximum Gasteiger partial charge on any atom is 0.318 e. The van der Waals surface area contributed by atoms with Gasteiger partial charge in [0.25, 0.3) is 0 Å². The van der Waals surface area contributed by atoms with Crippen LogP contribution in [0, 0.1) is 0 Å². The molecule has 152 valence electrons. The molecule has 1 heterocycles. The van der Waals surface area contributed by atoms with E-state index >= 15 is 0 Å². The number of carbonyl (C=O) groups is 1. The van der Waals surface area contributed by atoms with Gasteiger partial charge in [-0.15, -0.1) is 15.7 Å². The molecule has 2 aromatic rings. The Labute approximate surface area is 175 Å². The molecule has 2 N–H and O–H groups in total. The van der Waals surface area contributed by atoms with E-state index in [0.717, 1.165) is 5.56 Å². The monoisotopic (exact) mass is 441 g/mol. The predicted molar refractivity (Wildman–Crippen MR) is 115 cm³/mol. The lowest BCUT2D eigenvalue weighted by Gasteiger charge is -2.20. The number of amides is 1. The lowest BCUT2D eigenvalue weighted by Crippen LogP contribution is -2.25. The lowest BCUT2D eigenvalue weighted by molar-refractivity contribution is -0.106. The zero-order valence-electron chi connectivity index (χ0n) is 15.8. The van der Waals surface area contributed by atoms with Crippen molar-refractivity contribution >= 4 is 45.6 Å². The lowest BCUT2D eigenvalue weighted by atomic mass is 9.93. The summed E-state index contributed by atoms with van der Waals surface area (Å²) in [7, 11) is -1.03. The number of hydrogen-bond acceptors (Lipinski definition) is 6. The molecule has 0 radical (unpaired) electrons. The summed E-state index contributed by atoms with van der Waals surface area (Å²) in [6, 6.07) is 12.6. The molecule has 2 unspecified atom stereocenters. The number of thiocarbonyl (C=S) groups is 1.